The van der Waals surface area contributed by atoms with Crippen LogP contribution < -0.4 is 5.32 Å². The zero-order valence-corrected chi connectivity index (χ0v) is 14.3. The summed E-state index contributed by atoms with van der Waals surface area (Å²) in [6.07, 6.45) is 8.78. The summed E-state index contributed by atoms with van der Waals surface area (Å²) in [6, 6.07) is 0.540. The average Bonchev–Trinajstić information content (AvgIpc) is 2.51. The van der Waals surface area contributed by atoms with Gasteiger partial charge < -0.3 is 5.32 Å². The van der Waals surface area contributed by atoms with Crippen LogP contribution in [-0.2, 0) is 0 Å². The van der Waals surface area contributed by atoms with Gasteiger partial charge in [0, 0.05) is 11.6 Å². The Morgan fingerprint density at radius 3 is 2.35 bits per heavy atom. The van der Waals surface area contributed by atoms with Gasteiger partial charge in [0.15, 0.2) is 0 Å². The Morgan fingerprint density at radius 2 is 1.85 bits per heavy atom. The van der Waals surface area contributed by atoms with E-state index in [-0.39, 0.29) is 5.54 Å². The number of nitrogens with zero attached hydrogens (tertiary/aromatic N) is 1. The monoisotopic (exact) mass is 280 g/mol. The van der Waals surface area contributed by atoms with Crippen molar-refractivity contribution in [3.8, 4) is 0 Å². The van der Waals surface area contributed by atoms with E-state index < -0.39 is 0 Å². The molecule has 2 unspecified atom stereocenters. The largest absolute Gasteiger partial charge is 0.312 e. The van der Waals surface area contributed by atoms with E-state index in [1.165, 1.54) is 50.8 Å². The number of rotatable bonds is 9. The van der Waals surface area contributed by atoms with Crippen molar-refractivity contribution in [2.75, 3.05) is 19.6 Å². The predicted molar refractivity (Wildman–Crippen MR) is 90.2 cm³/mol. The first kappa shape index (κ1) is 17.7. The molecule has 0 radical (unpaired) electrons. The van der Waals surface area contributed by atoms with Crippen molar-refractivity contribution in [2.45, 2.75) is 84.2 Å². The van der Waals surface area contributed by atoms with Gasteiger partial charge in [-0.2, -0.15) is 0 Å². The molecule has 0 amide bonds. The molecule has 0 bridgehead atoms. The van der Waals surface area contributed by atoms with Crippen LogP contribution in [0, 0.1) is 0 Å². The summed E-state index contributed by atoms with van der Waals surface area (Å²) in [5, 5.41) is 3.82. The highest BCUT2D eigenvalue weighted by Gasteiger charge is 2.38. The van der Waals surface area contributed by atoms with E-state index in [0.29, 0.717) is 6.04 Å². The maximum atomic E-state index is 4.26. The molecule has 20 heavy (non-hydrogen) atoms. The van der Waals surface area contributed by atoms with Gasteiger partial charge >= 0.3 is 0 Å². The minimum atomic E-state index is 0.272. The SMILES string of the molecule is C=C(CC)CC(NCCC)C(C)(CC)N1CCCCC1. The summed E-state index contributed by atoms with van der Waals surface area (Å²) < 4.78 is 0. The zero-order valence-electron chi connectivity index (χ0n) is 14.3. The van der Waals surface area contributed by atoms with Crippen molar-refractivity contribution < 1.29 is 0 Å². The van der Waals surface area contributed by atoms with Crippen LogP contribution in [-0.4, -0.2) is 36.1 Å². The maximum Gasteiger partial charge on any atom is 0.0334 e. The lowest BCUT2D eigenvalue weighted by atomic mass is 9.82. The van der Waals surface area contributed by atoms with Gasteiger partial charge in [-0.25, -0.2) is 0 Å². The molecule has 2 atom stereocenters. The number of likely N-dealkylation sites (tertiary alicyclic amines) is 1. The first-order valence-electron chi connectivity index (χ1n) is 8.73. The Hall–Kier alpha value is -0.340. The number of nitrogens with one attached hydrogen (secondary N) is 1. The lowest BCUT2D eigenvalue weighted by molar-refractivity contribution is 0.0428. The van der Waals surface area contributed by atoms with Crippen molar-refractivity contribution in [1.82, 2.24) is 10.2 Å². The third-order valence-corrected chi connectivity index (χ3v) is 5.18. The summed E-state index contributed by atoms with van der Waals surface area (Å²) in [6.45, 7) is 17.2. The molecule has 2 heteroatoms. The summed E-state index contributed by atoms with van der Waals surface area (Å²) in [7, 11) is 0. The Morgan fingerprint density at radius 1 is 1.20 bits per heavy atom. The molecule has 1 heterocycles. The normalized spacial score (nSPS) is 21.4. The second kappa shape index (κ2) is 8.84. The summed E-state index contributed by atoms with van der Waals surface area (Å²) in [5.41, 5.74) is 1.66. The van der Waals surface area contributed by atoms with Gasteiger partial charge in [-0.1, -0.05) is 39.3 Å². The highest BCUT2D eigenvalue weighted by molar-refractivity contribution is 5.05. The molecule has 118 valence electrons. The van der Waals surface area contributed by atoms with Crippen LogP contribution in [0.5, 0.6) is 0 Å². The van der Waals surface area contributed by atoms with Crippen LogP contribution in [0.15, 0.2) is 12.2 Å². The van der Waals surface area contributed by atoms with Crippen molar-refractivity contribution in [3.05, 3.63) is 12.2 Å². The highest BCUT2D eigenvalue weighted by atomic mass is 15.2. The van der Waals surface area contributed by atoms with Crippen LogP contribution in [0.4, 0.5) is 0 Å². The Balaban J connectivity index is 2.82. The number of piperidine rings is 1. The first-order chi connectivity index (χ1) is 9.58. The molecule has 0 saturated carbocycles. The summed E-state index contributed by atoms with van der Waals surface area (Å²) in [5.74, 6) is 0. The van der Waals surface area contributed by atoms with Crippen molar-refractivity contribution in [3.63, 3.8) is 0 Å². The van der Waals surface area contributed by atoms with Gasteiger partial charge in [0.1, 0.15) is 0 Å². The Bertz CT molecular complexity index is 281. The molecule has 1 aliphatic rings. The minimum absolute atomic E-state index is 0.272. The second-order valence-electron chi connectivity index (χ2n) is 6.57. The zero-order chi connectivity index (χ0) is 15.0. The maximum absolute atomic E-state index is 4.26. The lowest BCUT2D eigenvalue weighted by Gasteiger charge is -2.48. The van der Waals surface area contributed by atoms with Gasteiger partial charge in [-0.15, -0.1) is 0 Å². The van der Waals surface area contributed by atoms with Crippen molar-refractivity contribution >= 4 is 0 Å². The molecule has 0 aromatic carbocycles. The van der Waals surface area contributed by atoms with E-state index in [4.69, 9.17) is 0 Å². The van der Waals surface area contributed by atoms with Crippen LogP contribution in [0.1, 0.15) is 72.6 Å². The molecule has 2 nitrogen and oxygen atoms in total. The third-order valence-electron chi connectivity index (χ3n) is 5.18. The average molecular weight is 280 g/mol. The van der Waals surface area contributed by atoms with Gasteiger partial charge in [0.05, 0.1) is 0 Å². The summed E-state index contributed by atoms with van der Waals surface area (Å²) >= 11 is 0. The Labute approximate surface area is 127 Å². The minimum Gasteiger partial charge on any atom is -0.312 e. The fourth-order valence-corrected chi connectivity index (χ4v) is 3.36. The first-order valence-corrected chi connectivity index (χ1v) is 8.73. The van der Waals surface area contributed by atoms with E-state index in [0.717, 1.165) is 19.4 Å². The predicted octanol–water partition coefficient (Wildman–Crippen LogP) is 4.37. The van der Waals surface area contributed by atoms with Crippen molar-refractivity contribution in [1.29, 1.82) is 0 Å². The van der Waals surface area contributed by atoms with Gasteiger partial charge in [0.2, 0.25) is 0 Å². The standard InChI is InChI=1S/C18H36N2/c1-6-12-19-17(15-16(4)7-2)18(5,8-3)20-13-10-9-11-14-20/h17,19H,4,6-15H2,1-3,5H3. The summed E-state index contributed by atoms with van der Waals surface area (Å²) in [4.78, 5) is 2.74. The molecule has 0 aromatic rings. The number of hydrogen-bond donors (Lipinski definition) is 1. The fraction of sp³-hybridized carbons (Fsp3) is 0.889. The lowest BCUT2D eigenvalue weighted by Crippen LogP contribution is -2.60. The molecule has 0 aliphatic carbocycles. The van der Waals surface area contributed by atoms with Crippen LogP contribution in [0.3, 0.4) is 0 Å². The highest BCUT2D eigenvalue weighted by Crippen LogP contribution is 2.30. The van der Waals surface area contributed by atoms with Crippen LogP contribution >= 0.6 is 0 Å². The van der Waals surface area contributed by atoms with E-state index in [1.807, 2.05) is 0 Å². The van der Waals surface area contributed by atoms with Gasteiger partial charge in [0.25, 0.3) is 0 Å². The molecule has 1 rings (SSSR count). The molecular weight excluding hydrogens is 244 g/mol. The van der Waals surface area contributed by atoms with Crippen molar-refractivity contribution in [2.24, 2.45) is 0 Å². The van der Waals surface area contributed by atoms with E-state index in [9.17, 15) is 0 Å². The van der Waals surface area contributed by atoms with Gasteiger partial charge in [-0.3, -0.25) is 4.90 Å². The molecule has 1 aliphatic heterocycles. The van der Waals surface area contributed by atoms with Crippen LogP contribution in [0.2, 0.25) is 0 Å². The molecule has 0 spiro atoms. The van der Waals surface area contributed by atoms with E-state index >= 15 is 0 Å². The smallest absolute Gasteiger partial charge is 0.0334 e. The van der Waals surface area contributed by atoms with Crippen LogP contribution in [0.25, 0.3) is 0 Å². The Kier molecular flexibility index (Phi) is 7.83. The van der Waals surface area contributed by atoms with E-state index in [1.54, 1.807) is 0 Å². The van der Waals surface area contributed by atoms with E-state index in [2.05, 4.69) is 44.5 Å². The molecule has 1 N–H and O–H groups in total. The quantitative estimate of drug-likeness (QED) is 0.631. The molecular formula is C18H36N2. The third kappa shape index (κ3) is 4.60. The molecule has 1 fully saturated rings. The number of hydrogen-bond acceptors (Lipinski definition) is 2. The second-order valence-corrected chi connectivity index (χ2v) is 6.57. The molecule has 0 aromatic heterocycles. The van der Waals surface area contributed by atoms with Gasteiger partial charge in [-0.05, 0) is 65.1 Å². The molecule has 1 saturated heterocycles. The fourth-order valence-electron chi connectivity index (χ4n) is 3.36. The topological polar surface area (TPSA) is 15.3 Å².